The van der Waals surface area contributed by atoms with E-state index in [1.807, 2.05) is 18.2 Å². The van der Waals surface area contributed by atoms with Crippen molar-refractivity contribution in [3.63, 3.8) is 0 Å². The van der Waals surface area contributed by atoms with Crippen molar-refractivity contribution >= 4 is 40.9 Å². The van der Waals surface area contributed by atoms with Crippen LogP contribution in [0.15, 0.2) is 53.4 Å². The van der Waals surface area contributed by atoms with Gasteiger partial charge in [0, 0.05) is 10.6 Å². The number of halogens is 1. The summed E-state index contributed by atoms with van der Waals surface area (Å²) in [6.45, 7) is 0. The van der Waals surface area contributed by atoms with Gasteiger partial charge < -0.3 is 10.4 Å². The average molecular weight is 336 g/mol. The predicted octanol–water partition coefficient (Wildman–Crippen LogP) is 3.70. The monoisotopic (exact) mass is 335 g/mol. The zero-order chi connectivity index (χ0) is 15.9. The number of thioether (sulfide) groups is 1. The van der Waals surface area contributed by atoms with Crippen molar-refractivity contribution in [2.24, 2.45) is 0 Å². The van der Waals surface area contributed by atoms with Crippen LogP contribution in [0.5, 0.6) is 0 Å². The minimum atomic E-state index is -0.882. The summed E-state index contributed by atoms with van der Waals surface area (Å²) in [5, 5.41) is 12.1. The fraction of sp³-hybridized carbons (Fsp3) is 0.125. The second-order valence-corrected chi connectivity index (χ2v) is 5.96. The van der Waals surface area contributed by atoms with Crippen molar-refractivity contribution in [3.8, 4) is 0 Å². The molecule has 0 atom stereocenters. The molecule has 2 N–H and O–H groups in total. The van der Waals surface area contributed by atoms with Gasteiger partial charge in [-0.25, -0.2) is 0 Å². The SMILES string of the molecule is O=C(O)Cc1ccc(NC(=O)CSc2ccccc2Cl)cc1. The minimum absolute atomic E-state index is 0.0312. The third-order valence-electron chi connectivity index (χ3n) is 2.79. The number of benzene rings is 2. The van der Waals surface area contributed by atoms with Gasteiger partial charge in [0.1, 0.15) is 0 Å². The smallest absolute Gasteiger partial charge is 0.307 e. The van der Waals surface area contributed by atoms with E-state index in [0.717, 1.165) is 4.90 Å². The van der Waals surface area contributed by atoms with Crippen LogP contribution >= 0.6 is 23.4 Å². The Morgan fingerprint density at radius 2 is 1.77 bits per heavy atom. The maximum atomic E-state index is 11.9. The number of carbonyl (C=O) groups excluding carboxylic acids is 1. The Kier molecular flexibility index (Phi) is 5.86. The summed E-state index contributed by atoms with van der Waals surface area (Å²) < 4.78 is 0. The largest absolute Gasteiger partial charge is 0.481 e. The fourth-order valence-corrected chi connectivity index (χ4v) is 2.82. The molecule has 0 heterocycles. The Balaban J connectivity index is 1.87. The molecule has 0 aliphatic heterocycles. The highest BCUT2D eigenvalue weighted by atomic mass is 35.5. The van der Waals surface area contributed by atoms with E-state index >= 15 is 0 Å². The lowest BCUT2D eigenvalue weighted by molar-refractivity contribution is -0.136. The molecule has 0 aromatic heterocycles. The van der Waals surface area contributed by atoms with Crippen LogP contribution in [0, 0.1) is 0 Å². The molecule has 0 radical (unpaired) electrons. The topological polar surface area (TPSA) is 66.4 Å². The molecule has 0 spiro atoms. The Morgan fingerprint density at radius 1 is 1.09 bits per heavy atom. The predicted molar refractivity (Wildman–Crippen MR) is 88.6 cm³/mol. The Morgan fingerprint density at radius 3 is 2.41 bits per heavy atom. The molecule has 0 saturated heterocycles. The standard InChI is InChI=1S/C16H14ClNO3S/c17-13-3-1-2-4-14(13)22-10-15(19)18-12-7-5-11(6-8-12)9-16(20)21/h1-8H,9-10H2,(H,18,19)(H,20,21). The van der Waals surface area contributed by atoms with Gasteiger partial charge in [-0.2, -0.15) is 0 Å². The van der Waals surface area contributed by atoms with Gasteiger partial charge in [0.2, 0.25) is 5.91 Å². The molecule has 0 fully saturated rings. The van der Waals surface area contributed by atoms with Crippen LogP contribution in [-0.4, -0.2) is 22.7 Å². The van der Waals surface area contributed by atoms with Crippen LogP contribution in [0.25, 0.3) is 0 Å². The number of carboxylic acid groups (broad SMARTS) is 1. The lowest BCUT2D eigenvalue weighted by Gasteiger charge is -2.07. The highest BCUT2D eigenvalue weighted by molar-refractivity contribution is 8.00. The molecule has 1 amide bonds. The molecular formula is C16H14ClNO3S. The van der Waals surface area contributed by atoms with Crippen LogP contribution in [0.3, 0.4) is 0 Å². The van der Waals surface area contributed by atoms with Crippen molar-refractivity contribution in [1.82, 2.24) is 0 Å². The summed E-state index contributed by atoms with van der Waals surface area (Å²) in [6, 6.07) is 14.1. The molecule has 0 aliphatic carbocycles. The molecule has 0 saturated carbocycles. The minimum Gasteiger partial charge on any atom is -0.481 e. The van der Waals surface area contributed by atoms with Crippen molar-refractivity contribution < 1.29 is 14.7 Å². The van der Waals surface area contributed by atoms with E-state index in [1.165, 1.54) is 11.8 Å². The normalized spacial score (nSPS) is 10.2. The highest BCUT2D eigenvalue weighted by Crippen LogP contribution is 2.26. The summed E-state index contributed by atoms with van der Waals surface area (Å²) in [5.74, 6) is -0.774. The van der Waals surface area contributed by atoms with Crippen LogP contribution in [-0.2, 0) is 16.0 Å². The van der Waals surface area contributed by atoms with Crippen molar-refractivity contribution in [3.05, 3.63) is 59.1 Å². The highest BCUT2D eigenvalue weighted by Gasteiger charge is 2.06. The molecule has 0 aliphatic rings. The molecule has 2 aromatic rings. The van der Waals surface area contributed by atoms with Crippen LogP contribution in [0.4, 0.5) is 5.69 Å². The second-order valence-electron chi connectivity index (χ2n) is 4.53. The van der Waals surface area contributed by atoms with Crippen LogP contribution < -0.4 is 5.32 Å². The summed E-state index contributed by atoms with van der Waals surface area (Å²) in [6.07, 6.45) is -0.0312. The number of amides is 1. The second kappa shape index (κ2) is 7.87. The van der Waals surface area contributed by atoms with Crippen molar-refractivity contribution in [2.75, 3.05) is 11.1 Å². The molecule has 4 nitrogen and oxygen atoms in total. The van der Waals surface area contributed by atoms with Crippen LogP contribution in [0.2, 0.25) is 5.02 Å². The van der Waals surface area contributed by atoms with Gasteiger partial charge in [0.15, 0.2) is 0 Å². The van der Waals surface area contributed by atoms with E-state index in [0.29, 0.717) is 16.3 Å². The summed E-state index contributed by atoms with van der Waals surface area (Å²) in [5.41, 5.74) is 1.33. The molecule has 2 aromatic carbocycles. The number of carbonyl (C=O) groups is 2. The van der Waals surface area contributed by atoms with Gasteiger partial charge in [-0.1, -0.05) is 35.9 Å². The van der Waals surface area contributed by atoms with E-state index in [1.54, 1.807) is 30.3 Å². The average Bonchev–Trinajstić information content (AvgIpc) is 2.48. The van der Waals surface area contributed by atoms with E-state index < -0.39 is 5.97 Å². The van der Waals surface area contributed by atoms with Crippen LogP contribution in [0.1, 0.15) is 5.56 Å². The lowest BCUT2D eigenvalue weighted by atomic mass is 10.1. The van der Waals surface area contributed by atoms with E-state index in [-0.39, 0.29) is 18.1 Å². The zero-order valence-corrected chi connectivity index (χ0v) is 13.2. The van der Waals surface area contributed by atoms with E-state index in [2.05, 4.69) is 5.32 Å². The molecule has 22 heavy (non-hydrogen) atoms. The Labute approximate surface area is 137 Å². The first-order chi connectivity index (χ1) is 10.5. The van der Waals surface area contributed by atoms with Gasteiger partial charge in [-0.05, 0) is 29.8 Å². The van der Waals surface area contributed by atoms with Gasteiger partial charge in [0.25, 0.3) is 0 Å². The number of rotatable bonds is 6. The molecule has 6 heteroatoms. The maximum absolute atomic E-state index is 11.9. The Hall–Kier alpha value is -1.98. The molecule has 114 valence electrons. The Bertz CT molecular complexity index is 673. The third-order valence-corrected chi connectivity index (χ3v) is 4.30. The van der Waals surface area contributed by atoms with E-state index in [4.69, 9.17) is 16.7 Å². The zero-order valence-electron chi connectivity index (χ0n) is 11.6. The number of hydrogen-bond acceptors (Lipinski definition) is 3. The summed E-state index contributed by atoms with van der Waals surface area (Å²) in [4.78, 5) is 23.3. The van der Waals surface area contributed by atoms with Gasteiger partial charge in [0.05, 0.1) is 17.2 Å². The van der Waals surface area contributed by atoms with E-state index in [9.17, 15) is 9.59 Å². The number of aliphatic carboxylic acids is 1. The summed E-state index contributed by atoms with van der Waals surface area (Å²) >= 11 is 7.39. The third kappa shape index (κ3) is 5.09. The molecular weight excluding hydrogens is 322 g/mol. The van der Waals surface area contributed by atoms with Gasteiger partial charge >= 0.3 is 5.97 Å². The quantitative estimate of drug-likeness (QED) is 0.790. The molecule has 2 rings (SSSR count). The maximum Gasteiger partial charge on any atom is 0.307 e. The van der Waals surface area contributed by atoms with Crippen molar-refractivity contribution in [1.29, 1.82) is 0 Å². The number of anilines is 1. The number of hydrogen-bond donors (Lipinski definition) is 2. The fourth-order valence-electron chi connectivity index (χ4n) is 1.78. The number of nitrogens with one attached hydrogen (secondary N) is 1. The first-order valence-electron chi connectivity index (χ1n) is 6.52. The first-order valence-corrected chi connectivity index (χ1v) is 7.89. The first kappa shape index (κ1) is 16.4. The molecule has 0 bridgehead atoms. The van der Waals surface area contributed by atoms with Crippen molar-refractivity contribution in [2.45, 2.75) is 11.3 Å². The van der Waals surface area contributed by atoms with Gasteiger partial charge in [-0.15, -0.1) is 11.8 Å². The van der Waals surface area contributed by atoms with Gasteiger partial charge in [-0.3, -0.25) is 9.59 Å². The lowest BCUT2D eigenvalue weighted by Crippen LogP contribution is -2.14. The number of carboxylic acids is 1. The molecule has 0 unspecified atom stereocenters. The summed E-state index contributed by atoms with van der Waals surface area (Å²) in [7, 11) is 0.